The van der Waals surface area contributed by atoms with Gasteiger partial charge >= 0.3 is 12.0 Å². The minimum atomic E-state index is -3.66. The zero-order valence-corrected chi connectivity index (χ0v) is 16.9. The van der Waals surface area contributed by atoms with Gasteiger partial charge in [-0.3, -0.25) is 0 Å². The van der Waals surface area contributed by atoms with Crippen molar-refractivity contribution in [2.24, 2.45) is 0 Å². The lowest BCUT2D eigenvalue weighted by Gasteiger charge is -2.19. The molecule has 3 N–H and O–H groups in total. The summed E-state index contributed by atoms with van der Waals surface area (Å²) in [5.41, 5.74) is 2.39. The number of nitrogens with one attached hydrogen (secondary N) is 2. The second-order valence-electron chi connectivity index (χ2n) is 6.47. The van der Waals surface area contributed by atoms with Crippen molar-refractivity contribution in [2.75, 3.05) is 19.4 Å². The van der Waals surface area contributed by atoms with Gasteiger partial charge in [0.2, 0.25) is 10.0 Å². The summed E-state index contributed by atoms with van der Waals surface area (Å²) in [6.07, 6.45) is 0. The van der Waals surface area contributed by atoms with Crippen molar-refractivity contribution in [3.8, 4) is 0 Å². The third-order valence-corrected chi connectivity index (χ3v) is 6.16. The summed E-state index contributed by atoms with van der Waals surface area (Å²) < 4.78 is 25.5. The molecule has 0 aliphatic carbocycles. The Morgan fingerprint density at radius 2 is 1.71 bits per heavy atom. The number of carboxylic acid groups (broad SMARTS) is 1. The number of urea groups is 1. The fraction of sp³-hybridized carbons (Fsp3) is 0.263. The largest absolute Gasteiger partial charge is 0.479 e. The highest BCUT2D eigenvalue weighted by molar-refractivity contribution is 7.89. The van der Waals surface area contributed by atoms with Crippen LogP contribution in [0.3, 0.4) is 0 Å². The first-order valence-electron chi connectivity index (χ1n) is 8.43. The molecule has 1 unspecified atom stereocenters. The standard InChI is InChI=1S/C19H23N3O5S/c1-12-7-5-10-16(13(12)2)17(18(23)24)21-19(25)20-14-8-6-9-15(11-14)28(26,27)22(3)4/h5-11,17H,1-4H3,(H,23,24)(H2,20,21,25). The van der Waals surface area contributed by atoms with Crippen LogP contribution in [0.1, 0.15) is 22.7 Å². The van der Waals surface area contributed by atoms with Gasteiger partial charge in [-0.2, -0.15) is 0 Å². The molecule has 2 rings (SSSR count). The van der Waals surface area contributed by atoms with Gasteiger partial charge in [0, 0.05) is 19.8 Å². The monoisotopic (exact) mass is 405 g/mol. The van der Waals surface area contributed by atoms with Gasteiger partial charge in [0.25, 0.3) is 0 Å². The average Bonchev–Trinajstić information content (AvgIpc) is 2.62. The summed E-state index contributed by atoms with van der Waals surface area (Å²) in [5, 5.41) is 14.4. The minimum Gasteiger partial charge on any atom is -0.479 e. The van der Waals surface area contributed by atoms with E-state index in [2.05, 4.69) is 10.6 Å². The minimum absolute atomic E-state index is 0.0135. The molecule has 0 spiro atoms. The Hall–Kier alpha value is -2.91. The van der Waals surface area contributed by atoms with Crippen LogP contribution in [0, 0.1) is 13.8 Å². The topological polar surface area (TPSA) is 116 Å². The zero-order chi connectivity index (χ0) is 21.1. The third-order valence-electron chi connectivity index (χ3n) is 4.35. The number of hydrogen-bond acceptors (Lipinski definition) is 4. The van der Waals surface area contributed by atoms with Crippen molar-refractivity contribution in [1.29, 1.82) is 0 Å². The summed E-state index contributed by atoms with van der Waals surface area (Å²) in [6, 6.07) is 8.95. The number of nitrogens with zero attached hydrogens (tertiary/aromatic N) is 1. The number of sulfonamides is 1. The van der Waals surface area contributed by atoms with Gasteiger partial charge in [0.05, 0.1) is 4.90 Å². The molecule has 1 atom stereocenters. The number of anilines is 1. The molecule has 28 heavy (non-hydrogen) atoms. The Balaban J connectivity index is 2.23. The number of aliphatic carboxylic acids is 1. The van der Waals surface area contributed by atoms with E-state index in [-0.39, 0.29) is 10.6 Å². The molecule has 2 aromatic rings. The third kappa shape index (κ3) is 4.68. The van der Waals surface area contributed by atoms with Gasteiger partial charge < -0.3 is 15.7 Å². The molecule has 0 saturated heterocycles. The lowest BCUT2D eigenvalue weighted by molar-refractivity contribution is -0.139. The predicted molar refractivity (Wildman–Crippen MR) is 106 cm³/mol. The van der Waals surface area contributed by atoms with Crippen LogP contribution in [-0.4, -0.2) is 43.9 Å². The second kappa shape index (κ2) is 8.41. The first-order chi connectivity index (χ1) is 13.0. The molecular weight excluding hydrogens is 382 g/mol. The predicted octanol–water partition coefficient (Wildman–Crippen LogP) is 2.50. The molecule has 9 heteroatoms. The van der Waals surface area contributed by atoms with E-state index in [0.717, 1.165) is 15.4 Å². The van der Waals surface area contributed by atoms with Crippen LogP contribution in [-0.2, 0) is 14.8 Å². The van der Waals surface area contributed by atoms with Gasteiger partial charge in [-0.05, 0) is 48.7 Å². The van der Waals surface area contributed by atoms with E-state index in [1.807, 2.05) is 13.0 Å². The fourth-order valence-electron chi connectivity index (χ4n) is 2.60. The zero-order valence-electron chi connectivity index (χ0n) is 16.1. The summed E-state index contributed by atoms with van der Waals surface area (Å²) in [6.45, 7) is 3.64. The number of benzene rings is 2. The molecule has 0 radical (unpaired) electrons. The second-order valence-corrected chi connectivity index (χ2v) is 8.63. The highest BCUT2D eigenvalue weighted by Crippen LogP contribution is 2.22. The van der Waals surface area contributed by atoms with Gasteiger partial charge in [0.1, 0.15) is 0 Å². The number of hydrogen-bond donors (Lipinski definition) is 3. The Morgan fingerprint density at radius 3 is 2.32 bits per heavy atom. The summed E-state index contributed by atoms with van der Waals surface area (Å²) in [5.74, 6) is -1.20. The maximum atomic E-state index is 12.3. The SMILES string of the molecule is Cc1cccc(C(NC(=O)Nc2cccc(S(=O)(=O)N(C)C)c2)C(=O)O)c1C. The van der Waals surface area contributed by atoms with Crippen LogP contribution in [0.15, 0.2) is 47.4 Å². The van der Waals surface area contributed by atoms with E-state index in [1.165, 1.54) is 38.4 Å². The molecule has 0 saturated carbocycles. The normalized spacial score (nSPS) is 12.5. The fourth-order valence-corrected chi connectivity index (χ4v) is 3.55. The maximum Gasteiger partial charge on any atom is 0.330 e. The average molecular weight is 405 g/mol. The molecule has 0 heterocycles. The van der Waals surface area contributed by atoms with Crippen molar-refractivity contribution >= 4 is 27.7 Å². The highest BCUT2D eigenvalue weighted by Gasteiger charge is 2.24. The van der Waals surface area contributed by atoms with Gasteiger partial charge in [-0.15, -0.1) is 0 Å². The van der Waals surface area contributed by atoms with Crippen LogP contribution in [0.5, 0.6) is 0 Å². The van der Waals surface area contributed by atoms with Crippen LogP contribution in [0.2, 0.25) is 0 Å². The lowest BCUT2D eigenvalue weighted by Crippen LogP contribution is -2.37. The van der Waals surface area contributed by atoms with E-state index in [4.69, 9.17) is 0 Å². The molecule has 0 aliphatic heterocycles. The molecule has 0 aromatic heterocycles. The molecule has 0 fully saturated rings. The highest BCUT2D eigenvalue weighted by atomic mass is 32.2. The first-order valence-corrected chi connectivity index (χ1v) is 9.87. The Labute approximate surface area is 164 Å². The number of rotatable bonds is 6. The van der Waals surface area contributed by atoms with Crippen LogP contribution < -0.4 is 10.6 Å². The van der Waals surface area contributed by atoms with Gasteiger partial charge in [0.15, 0.2) is 6.04 Å². The summed E-state index contributed by atoms with van der Waals surface area (Å²) >= 11 is 0. The van der Waals surface area contributed by atoms with E-state index in [9.17, 15) is 23.1 Å². The Morgan fingerprint density at radius 1 is 1.07 bits per heavy atom. The van der Waals surface area contributed by atoms with Crippen LogP contribution in [0.25, 0.3) is 0 Å². The number of carboxylic acids is 1. The molecule has 0 bridgehead atoms. The van der Waals surface area contributed by atoms with E-state index in [1.54, 1.807) is 19.1 Å². The van der Waals surface area contributed by atoms with Crippen molar-refractivity contribution < 1.29 is 23.1 Å². The quantitative estimate of drug-likeness (QED) is 0.683. The van der Waals surface area contributed by atoms with Gasteiger partial charge in [-0.25, -0.2) is 22.3 Å². The molecular formula is C19H23N3O5S. The van der Waals surface area contributed by atoms with E-state index < -0.39 is 28.1 Å². The molecule has 0 aliphatic rings. The Kier molecular flexibility index (Phi) is 6.42. The molecule has 150 valence electrons. The van der Waals surface area contributed by atoms with Crippen molar-refractivity contribution in [1.82, 2.24) is 9.62 Å². The number of amides is 2. The van der Waals surface area contributed by atoms with E-state index in [0.29, 0.717) is 5.56 Å². The van der Waals surface area contributed by atoms with Crippen molar-refractivity contribution in [3.05, 3.63) is 59.2 Å². The van der Waals surface area contributed by atoms with Crippen LogP contribution >= 0.6 is 0 Å². The van der Waals surface area contributed by atoms with E-state index >= 15 is 0 Å². The van der Waals surface area contributed by atoms with Crippen molar-refractivity contribution in [2.45, 2.75) is 24.8 Å². The van der Waals surface area contributed by atoms with Crippen molar-refractivity contribution in [3.63, 3.8) is 0 Å². The Bertz CT molecular complexity index is 1000. The first kappa shape index (κ1) is 21.4. The number of aryl methyl sites for hydroxylation is 1. The summed E-state index contributed by atoms with van der Waals surface area (Å²) in [7, 11) is -0.844. The molecule has 8 nitrogen and oxygen atoms in total. The maximum absolute atomic E-state index is 12.3. The lowest BCUT2D eigenvalue weighted by atomic mass is 9.97. The molecule has 2 aromatic carbocycles. The van der Waals surface area contributed by atoms with Gasteiger partial charge in [-0.1, -0.05) is 24.3 Å². The number of carbonyl (C=O) groups excluding carboxylic acids is 1. The molecule has 2 amide bonds. The summed E-state index contributed by atoms with van der Waals surface area (Å²) in [4.78, 5) is 24.0. The number of carbonyl (C=O) groups is 2. The van der Waals surface area contributed by atoms with Crippen LogP contribution in [0.4, 0.5) is 10.5 Å². The smallest absolute Gasteiger partial charge is 0.330 e.